The summed E-state index contributed by atoms with van der Waals surface area (Å²) >= 11 is 0. The van der Waals surface area contributed by atoms with Gasteiger partial charge in [-0.1, -0.05) is 62.1 Å². The zero-order valence-corrected chi connectivity index (χ0v) is 21.3. The minimum absolute atomic E-state index is 0.373. The van der Waals surface area contributed by atoms with E-state index >= 15 is 0 Å². The summed E-state index contributed by atoms with van der Waals surface area (Å²) in [6, 6.07) is 10.2. The highest BCUT2D eigenvalue weighted by atomic mass is 16.5. The van der Waals surface area contributed by atoms with Crippen molar-refractivity contribution in [1.82, 2.24) is 0 Å². The fraction of sp³-hybridized carbons (Fsp3) is 0.467. The van der Waals surface area contributed by atoms with Crippen LogP contribution in [-0.4, -0.2) is 38.4 Å². The topological polar surface area (TPSA) is 71.1 Å². The largest absolute Gasteiger partial charge is 0.494 e. The van der Waals surface area contributed by atoms with Crippen molar-refractivity contribution in [3.05, 3.63) is 85.2 Å². The Labute approximate surface area is 215 Å². The predicted molar refractivity (Wildman–Crippen MR) is 141 cm³/mol. The highest BCUT2D eigenvalue weighted by Crippen LogP contribution is 2.40. The Morgan fingerprint density at radius 1 is 0.778 bits per heavy atom. The van der Waals surface area contributed by atoms with Crippen molar-refractivity contribution in [1.29, 1.82) is 0 Å². The summed E-state index contributed by atoms with van der Waals surface area (Å²) in [5, 5.41) is 0. The Morgan fingerprint density at radius 2 is 1.33 bits per heavy atom. The van der Waals surface area contributed by atoms with Gasteiger partial charge in [-0.15, -0.1) is 0 Å². The fourth-order valence-electron chi connectivity index (χ4n) is 3.98. The van der Waals surface area contributed by atoms with Gasteiger partial charge in [0.25, 0.3) is 0 Å². The second-order valence-corrected chi connectivity index (χ2v) is 8.62. The lowest BCUT2D eigenvalue weighted by Crippen LogP contribution is -2.35. The van der Waals surface area contributed by atoms with E-state index in [4.69, 9.17) is 18.9 Å². The fourth-order valence-corrected chi connectivity index (χ4v) is 3.98. The van der Waals surface area contributed by atoms with Crippen molar-refractivity contribution in [2.45, 2.75) is 63.4 Å². The van der Waals surface area contributed by atoms with Crippen molar-refractivity contribution in [2.24, 2.45) is 0 Å². The van der Waals surface area contributed by atoms with Gasteiger partial charge < -0.3 is 18.9 Å². The number of allylic oxidation sites excluding steroid dienone is 2. The molecule has 1 aliphatic rings. The molecule has 0 N–H and O–H groups in total. The summed E-state index contributed by atoms with van der Waals surface area (Å²) in [6.45, 7) is 8.86. The van der Waals surface area contributed by atoms with Crippen LogP contribution < -0.4 is 0 Å². The molecule has 1 aliphatic carbocycles. The van der Waals surface area contributed by atoms with Crippen LogP contribution in [0.2, 0.25) is 0 Å². The van der Waals surface area contributed by atoms with Gasteiger partial charge in [-0.25, -0.2) is 9.59 Å². The molecule has 0 heterocycles. The molecule has 0 saturated heterocycles. The highest BCUT2D eigenvalue weighted by molar-refractivity contribution is 5.81. The number of unbranched alkanes of at least 4 members (excludes halogenated alkanes) is 6. The molecule has 1 aromatic rings. The molecular weight excluding hydrogens is 456 g/mol. The molecule has 6 heteroatoms. The summed E-state index contributed by atoms with van der Waals surface area (Å²) in [4.78, 5) is 22.2. The summed E-state index contributed by atoms with van der Waals surface area (Å²) in [7, 11) is 0. The zero-order valence-electron chi connectivity index (χ0n) is 21.3. The third-order valence-electron chi connectivity index (χ3n) is 5.93. The Bertz CT molecular complexity index is 873. The third kappa shape index (κ3) is 10.2. The normalized spacial score (nSPS) is 16.6. The molecule has 0 amide bonds. The van der Waals surface area contributed by atoms with Gasteiger partial charge in [0.1, 0.15) is 5.76 Å². The molecule has 36 heavy (non-hydrogen) atoms. The first-order valence-corrected chi connectivity index (χ1v) is 12.9. The minimum Gasteiger partial charge on any atom is -0.494 e. The minimum atomic E-state index is -0.631. The summed E-state index contributed by atoms with van der Waals surface area (Å²) in [5.41, 5.74) is 0.454. The van der Waals surface area contributed by atoms with E-state index in [0.29, 0.717) is 26.4 Å². The first-order chi connectivity index (χ1) is 17.6. The lowest BCUT2D eigenvalue weighted by Gasteiger charge is -2.37. The highest BCUT2D eigenvalue weighted by Gasteiger charge is 2.39. The van der Waals surface area contributed by atoms with Crippen LogP contribution in [0.25, 0.3) is 0 Å². The first kappa shape index (κ1) is 29.1. The first-order valence-electron chi connectivity index (χ1n) is 12.9. The van der Waals surface area contributed by atoms with Gasteiger partial charge in [-0.05, 0) is 56.6 Å². The van der Waals surface area contributed by atoms with Gasteiger partial charge in [-0.3, -0.25) is 0 Å². The molecule has 0 bridgehead atoms. The second kappa shape index (κ2) is 17.3. The van der Waals surface area contributed by atoms with Crippen molar-refractivity contribution >= 4 is 11.9 Å². The SMILES string of the molecule is C=CC(=O)OCCCCCCOC1=CC=CCC1(OCCCCCCOC(=O)C=C)c1ccccc1. The Balaban J connectivity index is 1.82. The van der Waals surface area contributed by atoms with Gasteiger partial charge in [-0.2, -0.15) is 0 Å². The van der Waals surface area contributed by atoms with Crippen LogP contribution in [0.5, 0.6) is 0 Å². The van der Waals surface area contributed by atoms with E-state index in [-0.39, 0.29) is 11.9 Å². The summed E-state index contributed by atoms with van der Waals surface area (Å²) in [6.07, 6.45) is 16.7. The van der Waals surface area contributed by atoms with Crippen LogP contribution in [0.3, 0.4) is 0 Å². The van der Waals surface area contributed by atoms with E-state index in [2.05, 4.69) is 31.4 Å². The molecule has 2 rings (SSSR count). The number of benzene rings is 1. The quantitative estimate of drug-likeness (QED) is 0.126. The molecule has 1 atom stereocenters. The summed E-state index contributed by atoms with van der Waals surface area (Å²) in [5.74, 6) is 0.0937. The number of ether oxygens (including phenoxy) is 4. The zero-order chi connectivity index (χ0) is 25.9. The van der Waals surface area contributed by atoms with Crippen molar-refractivity contribution in [3.8, 4) is 0 Å². The van der Waals surface area contributed by atoms with Crippen LogP contribution in [0.4, 0.5) is 0 Å². The number of hydrogen-bond acceptors (Lipinski definition) is 6. The molecule has 196 valence electrons. The molecule has 0 fully saturated rings. The lowest BCUT2D eigenvalue weighted by atomic mass is 9.85. The van der Waals surface area contributed by atoms with E-state index in [1.165, 1.54) is 12.2 Å². The van der Waals surface area contributed by atoms with Crippen molar-refractivity contribution < 1.29 is 28.5 Å². The van der Waals surface area contributed by atoms with E-state index < -0.39 is 5.60 Å². The number of esters is 2. The predicted octanol–water partition coefficient (Wildman–Crippen LogP) is 6.34. The van der Waals surface area contributed by atoms with Crippen molar-refractivity contribution in [3.63, 3.8) is 0 Å². The molecule has 0 saturated carbocycles. The van der Waals surface area contributed by atoms with Gasteiger partial charge >= 0.3 is 11.9 Å². The Morgan fingerprint density at radius 3 is 1.92 bits per heavy atom. The molecule has 0 radical (unpaired) electrons. The standard InChI is InChI=1S/C30H40O6/c1-3-28(31)34-23-15-6-5-14-22-33-27-20-12-13-21-30(27,26-18-10-9-11-19-26)36-25-17-8-7-16-24-35-29(32)4-2/h3-4,9-13,18-20H,1-2,5-8,14-17,21-25H2. The van der Waals surface area contributed by atoms with E-state index in [1.54, 1.807) is 0 Å². The van der Waals surface area contributed by atoms with E-state index in [0.717, 1.165) is 69.1 Å². The monoisotopic (exact) mass is 496 g/mol. The second-order valence-electron chi connectivity index (χ2n) is 8.62. The van der Waals surface area contributed by atoms with Crippen molar-refractivity contribution in [2.75, 3.05) is 26.4 Å². The van der Waals surface area contributed by atoms with E-state index in [1.807, 2.05) is 30.4 Å². The number of hydrogen-bond donors (Lipinski definition) is 0. The maximum absolute atomic E-state index is 11.1. The van der Waals surface area contributed by atoms with Gasteiger partial charge in [0.15, 0.2) is 5.60 Å². The van der Waals surface area contributed by atoms with Crippen LogP contribution in [-0.2, 0) is 34.1 Å². The van der Waals surface area contributed by atoms with Gasteiger partial charge in [0, 0.05) is 25.2 Å². The average molecular weight is 497 g/mol. The average Bonchev–Trinajstić information content (AvgIpc) is 2.92. The number of carbonyl (C=O) groups is 2. The molecule has 6 nitrogen and oxygen atoms in total. The molecular formula is C30H40O6. The number of carbonyl (C=O) groups excluding carboxylic acids is 2. The maximum atomic E-state index is 11.1. The van der Waals surface area contributed by atoms with Crippen LogP contribution in [0, 0.1) is 0 Å². The molecule has 1 aromatic carbocycles. The lowest BCUT2D eigenvalue weighted by molar-refractivity contribution is -0.138. The Hall–Kier alpha value is -3.12. The molecule has 0 aromatic heterocycles. The molecule has 0 spiro atoms. The van der Waals surface area contributed by atoms with Gasteiger partial charge in [0.2, 0.25) is 0 Å². The molecule has 1 unspecified atom stereocenters. The smallest absolute Gasteiger partial charge is 0.330 e. The van der Waals surface area contributed by atoms with E-state index in [9.17, 15) is 9.59 Å². The van der Waals surface area contributed by atoms with Crippen LogP contribution in [0.1, 0.15) is 63.4 Å². The number of rotatable bonds is 19. The molecule has 0 aliphatic heterocycles. The summed E-state index contributed by atoms with van der Waals surface area (Å²) < 4.78 is 22.9. The van der Waals surface area contributed by atoms with Crippen LogP contribution >= 0.6 is 0 Å². The maximum Gasteiger partial charge on any atom is 0.330 e. The van der Waals surface area contributed by atoms with Crippen LogP contribution in [0.15, 0.2) is 79.6 Å². The Kier molecular flexibility index (Phi) is 14.0. The third-order valence-corrected chi connectivity index (χ3v) is 5.93. The van der Waals surface area contributed by atoms with Gasteiger partial charge in [0.05, 0.1) is 19.8 Å².